The second kappa shape index (κ2) is 11.6. The first-order valence-corrected chi connectivity index (χ1v) is 10.5. The quantitative estimate of drug-likeness (QED) is 0.297. The van der Waals surface area contributed by atoms with Gasteiger partial charge in [0.25, 0.3) is 0 Å². The fourth-order valence-corrected chi connectivity index (χ4v) is 3.06. The Morgan fingerprint density at radius 2 is 1.90 bits per heavy atom. The average Bonchev–Trinajstić information content (AvgIpc) is 2.66. The SMILES string of the molecule is CCOc1cc(C=NNC(=O)CC(=O)Nc2ccc(Cl)cc2)cc(Br)c1OC(C)C. The average molecular weight is 497 g/mol. The fraction of sp³-hybridized carbons (Fsp3) is 0.286. The Morgan fingerprint density at radius 1 is 1.20 bits per heavy atom. The van der Waals surface area contributed by atoms with Crippen molar-refractivity contribution in [3.8, 4) is 11.5 Å². The van der Waals surface area contributed by atoms with Crippen LogP contribution in [0.25, 0.3) is 0 Å². The van der Waals surface area contributed by atoms with Crippen molar-refractivity contribution < 1.29 is 19.1 Å². The van der Waals surface area contributed by atoms with Gasteiger partial charge >= 0.3 is 0 Å². The molecule has 2 aromatic carbocycles. The van der Waals surface area contributed by atoms with Crippen LogP contribution >= 0.6 is 27.5 Å². The zero-order valence-corrected chi connectivity index (χ0v) is 19.2. The standard InChI is InChI=1S/C21H23BrClN3O4/c1-4-29-18-10-14(9-17(22)21(18)30-13(2)3)12-24-26-20(28)11-19(27)25-16-7-5-15(23)6-8-16/h5-10,12-13H,4,11H2,1-3H3,(H,25,27)(H,26,28). The minimum absolute atomic E-state index is 0.0154. The lowest BCUT2D eigenvalue weighted by Crippen LogP contribution is -2.24. The monoisotopic (exact) mass is 495 g/mol. The molecule has 9 heteroatoms. The maximum Gasteiger partial charge on any atom is 0.249 e. The first-order chi connectivity index (χ1) is 14.3. The zero-order chi connectivity index (χ0) is 22.1. The van der Waals surface area contributed by atoms with Crippen molar-refractivity contribution in [2.24, 2.45) is 5.10 Å². The first-order valence-electron chi connectivity index (χ1n) is 9.28. The lowest BCUT2D eigenvalue weighted by molar-refractivity contribution is -0.126. The van der Waals surface area contributed by atoms with Gasteiger partial charge in [-0.05, 0) is 78.7 Å². The molecule has 0 aliphatic heterocycles. The summed E-state index contributed by atoms with van der Waals surface area (Å²) in [5.41, 5.74) is 3.58. The summed E-state index contributed by atoms with van der Waals surface area (Å²) in [4.78, 5) is 23.9. The topological polar surface area (TPSA) is 89.0 Å². The molecule has 2 amide bonds. The molecule has 2 aromatic rings. The van der Waals surface area contributed by atoms with Gasteiger partial charge in [0.15, 0.2) is 11.5 Å². The molecule has 2 rings (SSSR count). The maximum absolute atomic E-state index is 11.9. The molecule has 2 N–H and O–H groups in total. The third-order valence-corrected chi connectivity index (χ3v) is 4.38. The number of hydrogen-bond acceptors (Lipinski definition) is 5. The Bertz CT molecular complexity index is 917. The van der Waals surface area contributed by atoms with Crippen molar-refractivity contribution >= 4 is 51.2 Å². The molecule has 0 radical (unpaired) electrons. The minimum Gasteiger partial charge on any atom is -0.490 e. The number of ether oxygens (including phenoxy) is 2. The molecule has 0 heterocycles. The van der Waals surface area contributed by atoms with Gasteiger partial charge in [0.2, 0.25) is 11.8 Å². The van der Waals surface area contributed by atoms with Gasteiger partial charge in [0.1, 0.15) is 6.42 Å². The first kappa shape index (κ1) is 23.7. The summed E-state index contributed by atoms with van der Waals surface area (Å²) in [5.74, 6) is 0.172. The third kappa shape index (κ3) is 7.68. The number of hydrogen-bond donors (Lipinski definition) is 2. The van der Waals surface area contributed by atoms with E-state index in [0.29, 0.717) is 38.9 Å². The number of carbonyl (C=O) groups is 2. The number of halogens is 2. The maximum atomic E-state index is 11.9. The van der Waals surface area contributed by atoms with E-state index in [1.165, 1.54) is 6.21 Å². The van der Waals surface area contributed by atoms with E-state index in [1.807, 2.05) is 20.8 Å². The molecule has 30 heavy (non-hydrogen) atoms. The Morgan fingerprint density at radius 3 is 2.53 bits per heavy atom. The largest absolute Gasteiger partial charge is 0.490 e. The van der Waals surface area contributed by atoms with Crippen molar-refractivity contribution in [3.05, 3.63) is 51.5 Å². The van der Waals surface area contributed by atoms with Crippen LogP contribution in [0.1, 0.15) is 32.8 Å². The smallest absolute Gasteiger partial charge is 0.249 e. The normalized spacial score (nSPS) is 10.9. The molecule has 0 bridgehead atoms. The van der Waals surface area contributed by atoms with Crippen LogP contribution in [0, 0.1) is 0 Å². The van der Waals surface area contributed by atoms with Gasteiger partial charge in [-0.1, -0.05) is 11.6 Å². The molecule has 0 atom stereocenters. The predicted octanol–water partition coefficient (Wildman–Crippen LogP) is 4.77. The van der Waals surface area contributed by atoms with Gasteiger partial charge in [-0.15, -0.1) is 0 Å². The molecule has 0 aliphatic carbocycles. The number of nitrogens with one attached hydrogen (secondary N) is 2. The Labute approximate surface area is 188 Å². The van der Waals surface area contributed by atoms with Crippen molar-refractivity contribution in [2.75, 3.05) is 11.9 Å². The summed E-state index contributed by atoms with van der Waals surface area (Å²) in [6, 6.07) is 10.1. The Balaban J connectivity index is 1.95. The van der Waals surface area contributed by atoms with Crippen LogP contribution in [0.3, 0.4) is 0 Å². The predicted molar refractivity (Wildman–Crippen MR) is 122 cm³/mol. The minimum atomic E-state index is -0.540. The van der Waals surface area contributed by atoms with Gasteiger partial charge in [-0.25, -0.2) is 5.43 Å². The highest BCUT2D eigenvalue weighted by Crippen LogP contribution is 2.37. The highest BCUT2D eigenvalue weighted by Gasteiger charge is 2.13. The van der Waals surface area contributed by atoms with Gasteiger partial charge in [-0.3, -0.25) is 9.59 Å². The molecule has 0 saturated heterocycles. The van der Waals surface area contributed by atoms with Crippen LogP contribution in [-0.4, -0.2) is 30.7 Å². The van der Waals surface area contributed by atoms with E-state index in [2.05, 4.69) is 31.8 Å². The molecule has 0 saturated carbocycles. The van der Waals surface area contributed by atoms with Gasteiger partial charge < -0.3 is 14.8 Å². The Kier molecular flexibility index (Phi) is 9.14. The Hall–Kier alpha value is -2.58. The highest BCUT2D eigenvalue weighted by molar-refractivity contribution is 9.10. The summed E-state index contributed by atoms with van der Waals surface area (Å²) in [7, 11) is 0. The van der Waals surface area contributed by atoms with Crippen molar-refractivity contribution in [1.29, 1.82) is 0 Å². The molecule has 0 aromatic heterocycles. The van der Waals surface area contributed by atoms with Crippen LogP contribution < -0.4 is 20.2 Å². The molecule has 0 aliphatic rings. The summed E-state index contributed by atoms with van der Waals surface area (Å²) in [6.45, 7) is 6.20. The molecule has 160 valence electrons. The van der Waals surface area contributed by atoms with E-state index in [9.17, 15) is 9.59 Å². The molecule has 0 spiro atoms. The fourth-order valence-electron chi connectivity index (χ4n) is 2.38. The molecule has 7 nitrogen and oxygen atoms in total. The molecule has 0 unspecified atom stereocenters. The lowest BCUT2D eigenvalue weighted by atomic mass is 10.2. The van der Waals surface area contributed by atoms with E-state index in [-0.39, 0.29) is 12.5 Å². The number of benzene rings is 2. The molecular formula is C21H23BrClN3O4. The van der Waals surface area contributed by atoms with Crippen LogP contribution in [-0.2, 0) is 9.59 Å². The zero-order valence-electron chi connectivity index (χ0n) is 16.9. The van der Waals surface area contributed by atoms with Crippen LogP contribution in [0.5, 0.6) is 11.5 Å². The number of hydrazone groups is 1. The van der Waals surface area contributed by atoms with E-state index in [1.54, 1.807) is 36.4 Å². The number of nitrogens with zero attached hydrogens (tertiary/aromatic N) is 1. The summed E-state index contributed by atoms with van der Waals surface area (Å²) < 4.78 is 12.1. The summed E-state index contributed by atoms with van der Waals surface area (Å²) in [5, 5.41) is 7.08. The second-order valence-electron chi connectivity index (χ2n) is 6.45. The van der Waals surface area contributed by atoms with Crippen molar-refractivity contribution in [2.45, 2.75) is 33.3 Å². The molecular weight excluding hydrogens is 474 g/mol. The van der Waals surface area contributed by atoms with E-state index in [0.717, 1.165) is 0 Å². The van der Waals surface area contributed by atoms with Gasteiger partial charge in [0, 0.05) is 10.7 Å². The highest BCUT2D eigenvalue weighted by atomic mass is 79.9. The van der Waals surface area contributed by atoms with Crippen molar-refractivity contribution in [1.82, 2.24) is 5.43 Å². The van der Waals surface area contributed by atoms with E-state index >= 15 is 0 Å². The number of amides is 2. The number of carbonyl (C=O) groups excluding carboxylic acids is 2. The lowest BCUT2D eigenvalue weighted by Gasteiger charge is -2.16. The van der Waals surface area contributed by atoms with Crippen LogP contribution in [0.4, 0.5) is 5.69 Å². The van der Waals surface area contributed by atoms with Crippen LogP contribution in [0.2, 0.25) is 5.02 Å². The van der Waals surface area contributed by atoms with Gasteiger partial charge in [0.05, 0.1) is 23.4 Å². The molecule has 0 fully saturated rings. The van der Waals surface area contributed by atoms with E-state index in [4.69, 9.17) is 21.1 Å². The second-order valence-corrected chi connectivity index (χ2v) is 7.75. The number of rotatable bonds is 9. The summed E-state index contributed by atoms with van der Waals surface area (Å²) >= 11 is 9.27. The van der Waals surface area contributed by atoms with Gasteiger partial charge in [-0.2, -0.15) is 5.10 Å². The number of anilines is 1. The summed E-state index contributed by atoms with van der Waals surface area (Å²) in [6.07, 6.45) is 1.08. The van der Waals surface area contributed by atoms with Crippen molar-refractivity contribution in [3.63, 3.8) is 0 Å². The third-order valence-electron chi connectivity index (χ3n) is 3.54. The van der Waals surface area contributed by atoms with Crippen LogP contribution in [0.15, 0.2) is 46.0 Å². The van der Waals surface area contributed by atoms with E-state index < -0.39 is 11.8 Å².